The van der Waals surface area contributed by atoms with E-state index in [0.717, 1.165) is 16.9 Å². The maximum Gasteiger partial charge on any atom is 0.125 e. The van der Waals surface area contributed by atoms with Crippen molar-refractivity contribution < 1.29 is 9.84 Å². The SMILES string of the molecule is Cc1cccc(C)c1OCC(CO)(NC(C)C)C1CC1. The van der Waals surface area contributed by atoms with Crippen molar-refractivity contribution in [2.45, 2.75) is 52.1 Å². The van der Waals surface area contributed by atoms with Gasteiger partial charge in [-0.25, -0.2) is 0 Å². The zero-order valence-electron chi connectivity index (χ0n) is 13.1. The number of rotatable bonds is 7. The second-order valence-electron chi connectivity index (χ2n) is 6.40. The topological polar surface area (TPSA) is 41.5 Å². The van der Waals surface area contributed by atoms with Gasteiger partial charge in [-0.2, -0.15) is 0 Å². The molecule has 1 aromatic carbocycles. The Labute approximate surface area is 122 Å². The van der Waals surface area contributed by atoms with Crippen LogP contribution in [0.4, 0.5) is 0 Å². The van der Waals surface area contributed by atoms with Gasteiger partial charge in [-0.3, -0.25) is 0 Å². The van der Waals surface area contributed by atoms with Crippen LogP contribution >= 0.6 is 0 Å². The summed E-state index contributed by atoms with van der Waals surface area (Å²) in [6.45, 7) is 9.02. The average Bonchev–Trinajstić information content (AvgIpc) is 3.20. The van der Waals surface area contributed by atoms with Crippen molar-refractivity contribution in [3.63, 3.8) is 0 Å². The zero-order valence-corrected chi connectivity index (χ0v) is 13.1. The molecule has 1 aromatic rings. The van der Waals surface area contributed by atoms with Crippen molar-refractivity contribution >= 4 is 0 Å². The summed E-state index contributed by atoms with van der Waals surface area (Å²) in [7, 11) is 0. The van der Waals surface area contributed by atoms with E-state index < -0.39 is 0 Å². The standard InChI is InChI=1S/C17H27NO2/c1-12(2)18-17(10-19,15-8-9-15)11-20-16-13(3)6-5-7-14(16)4/h5-7,12,15,18-19H,8-11H2,1-4H3. The van der Waals surface area contributed by atoms with Crippen LogP contribution in [0.1, 0.15) is 37.8 Å². The molecule has 0 radical (unpaired) electrons. The molecule has 1 saturated carbocycles. The molecule has 3 nitrogen and oxygen atoms in total. The fourth-order valence-corrected chi connectivity index (χ4v) is 2.94. The molecule has 1 fully saturated rings. The third kappa shape index (κ3) is 3.33. The molecule has 1 aliphatic carbocycles. The number of aliphatic hydroxyl groups is 1. The van der Waals surface area contributed by atoms with Crippen LogP contribution in [0.3, 0.4) is 0 Å². The number of aryl methyl sites for hydroxylation is 2. The maximum atomic E-state index is 9.91. The minimum absolute atomic E-state index is 0.126. The van der Waals surface area contributed by atoms with Crippen LogP contribution in [-0.2, 0) is 0 Å². The Kier molecular flexibility index (Phi) is 4.71. The molecule has 1 unspecified atom stereocenters. The van der Waals surface area contributed by atoms with Gasteiger partial charge in [0.15, 0.2) is 0 Å². The number of hydrogen-bond donors (Lipinski definition) is 2. The lowest BCUT2D eigenvalue weighted by atomic mass is 9.94. The van der Waals surface area contributed by atoms with Gasteiger partial charge in [0.1, 0.15) is 12.4 Å². The fourth-order valence-electron chi connectivity index (χ4n) is 2.94. The zero-order chi connectivity index (χ0) is 14.8. The normalized spacial score (nSPS) is 18.1. The van der Waals surface area contributed by atoms with Crippen LogP contribution in [0.2, 0.25) is 0 Å². The van der Waals surface area contributed by atoms with Gasteiger partial charge in [0.05, 0.1) is 12.1 Å². The number of ether oxygens (including phenoxy) is 1. The van der Waals surface area contributed by atoms with E-state index >= 15 is 0 Å². The second-order valence-corrected chi connectivity index (χ2v) is 6.40. The minimum atomic E-state index is -0.303. The summed E-state index contributed by atoms with van der Waals surface area (Å²) in [6, 6.07) is 6.51. The number of nitrogens with one attached hydrogen (secondary N) is 1. The van der Waals surface area contributed by atoms with Crippen molar-refractivity contribution in [1.29, 1.82) is 0 Å². The Morgan fingerprint density at radius 3 is 2.35 bits per heavy atom. The number of benzene rings is 1. The highest BCUT2D eigenvalue weighted by atomic mass is 16.5. The third-order valence-electron chi connectivity index (χ3n) is 4.10. The third-order valence-corrected chi connectivity index (χ3v) is 4.10. The van der Waals surface area contributed by atoms with Gasteiger partial charge in [-0.05, 0) is 43.7 Å². The van der Waals surface area contributed by atoms with Crippen molar-refractivity contribution in [3.8, 4) is 5.75 Å². The van der Waals surface area contributed by atoms with E-state index in [-0.39, 0.29) is 12.1 Å². The van der Waals surface area contributed by atoms with Gasteiger partial charge in [0.2, 0.25) is 0 Å². The Hall–Kier alpha value is -1.06. The first-order chi connectivity index (χ1) is 9.48. The maximum absolute atomic E-state index is 9.91. The van der Waals surface area contributed by atoms with E-state index in [1.807, 2.05) is 6.07 Å². The van der Waals surface area contributed by atoms with Crippen LogP contribution in [0, 0.1) is 19.8 Å². The van der Waals surface area contributed by atoms with Gasteiger partial charge in [-0.1, -0.05) is 32.0 Å². The summed E-state index contributed by atoms with van der Waals surface area (Å²) in [5, 5.41) is 13.4. The molecule has 0 aliphatic heterocycles. The molecule has 0 heterocycles. The first kappa shape index (κ1) is 15.3. The van der Waals surface area contributed by atoms with Gasteiger partial charge < -0.3 is 15.2 Å². The van der Waals surface area contributed by atoms with Crippen molar-refractivity contribution in [1.82, 2.24) is 5.32 Å². The van der Waals surface area contributed by atoms with Crippen LogP contribution in [-0.4, -0.2) is 29.9 Å². The molecule has 0 spiro atoms. The first-order valence-corrected chi connectivity index (χ1v) is 7.56. The quantitative estimate of drug-likeness (QED) is 0.805. The second kappa shape index (κ2) is 6.15. The predicted octanol–water partition coefficient (Wildman–Crippen LogP) is 2.82. The molecule has 112 valence electrons. The Morgan fingerprint density at radius 2 is 1.90 bits per heavy atom. The van der Waals surface area contributed by atoms with E-state index in [2.05, 4.69) is 45.1 Å². The summed E-state index contributed by atoms with van der Waals surface area (Å²) >= 11 is 0. The molecule has 20 heavy (non-hydrogen) atoms. The lowest BCUT2D eigenvalue weighted by molar-refractivity contribution is 0.0773. The first-order valence-electron chi connectivity index (χ1n) is 7.56. The van der Waals surface area contributed by atoms with Crippen LogP contribution in [0.25, 0.3) is 0 Å². The molecule has 2 N–H and O–H groups in total. The highest BCUT2D eigenvalue weighted by Crippen LogP contribution is 2.40. The number of aliphatic hydroxyl groups excluding tert-OH is 1. The average molecular weight is 277 g/mol. The molecule has 3 heteroatoms. The summed E-state index contributed by atoms with van der Waals surface area (Å²) < 4.78 is 6.10. The highest BCUT2D eigenvalue weighted by Gasteiger charge is 2.46. The van der Waals surface area contributed by atoms with Gasteiger partial charge >= 0.3 is 0 Å². The molecule has 0 saturated heterocycles. The molecule has 2 rings (SSSR count). The summed E-state index contributed by atoms with van der Waals surface area (Å²) in [6.07, 6.45) is 2.35. The summed E-state index contributed by atoms with van der Waals surface area (Å²) in [4.78, 5) is 0. The van der Waals surface area contributed by atoms with Gasteiger partial charge in [0, 0.05) is 6.04 Å². The molecular weight excluding hydrogens is 250 g/mol. The molecular formula is C17H27NO2. The fraction of sp³-hybridized carbons (Fsp3) is 0.647. The predicted molar refractivity (Wildman–Crippen MR) is 82.2 cm³/mol. The highest BCUT2D eigenvalue weighted by molar-refractivity contribution is 5.39. The molecule has 0 amide bonds. The van der Waals surface area contributed by atoms with Crippen LogP contribution in [0.5, 0.6) is 5.75 Å². The lowest BCUT2D eigenvalue weighted by Gasteiger charge is -2.35. The van der Waals surface area contributed by atoms with E-state index in [9.17, 15) is 5.11 Å². The van der Waals surface area contributed by atoms with Crippen molar-refractivity contribution in [2.24, 2.45) is 5.92 Å². The van der Waals surface area contributed by atoms with Crippen molar-refractivity contribution in [3.05, 3.63) is 29.3 Å². The van der Waals surface area contributed by atoms with Crippen LogP contribution in [0.15, 0.2) is 18.2 Å². The smallest absolute Gasteiger partial charge is 0.125 e. The van der Waals surface area contributed by atoms with E-state index in [1.165, 1.54) is 12.8 Å². The molecule has 0 aromatic heterocycles. The molecule has 1 atom stereocenters. The Bertz CT molecular complexity index is 434. The number of para-hydroxylation sites is 1. The number of hydrogen-bond acceptors (Lipinski definition) is 3. The Balaban J connectivity index is 2.12. The van der Waals surface area contributed by atoms with E-state index in [0.29, 0.717) is 18.6 Å². The molecule has 0 bridgehead atoms. The minimum Gasteiger partial charge on any atom is -0.491 e. The molecule has 1 aliphatic rings. The van der Waals surface area contributed by atoms with E-state index in [4.69, 9.17) is 4.74 Å². The Morgan fingerprint density at radius 1 is 1.30 bits per heavy atom. The summed E-state index contributed by atoms with van der Waals surface area (Å²) in [5.74, 6) is 1.48. The van der Waals surface area contributed by atoms with Crippen molar-refractivity contribution in [2.75, 3.05) is 13.2 Å². The van der Waals surface area contributed by atoms with Crippen LogP contribution < -0.4 is 10.1 Å². The lowest BCUT2D eigenvalue weighted by Crippen LogP contribution is -2.57. The van der Waals surface area contributed by atoms with Gasteiger partial charge in [-0.15, -0.1) is 0 Å². The monoisotopic (exact) mass is 277 g/mol. The van der Waals surface area contributed by atoms with Gasteiger partial charge in [0.25, 0.3) is 0 Å². The largest absolute Gasteiger partial charge is 0.491 e. The summed E-state index contributed by atoms with van der Waals surface area (Å²) in [5.41, 5.74) is 2.00. The van der Waals surface area contributed by atoms with E-state index in [1.54, 1.807) is 0 Å².